The van der Waals surface area contributed by atoms with Gasteiger partial charge in [0.15, 0.2) is 0 Å². The zero-order valence-corrected chi connectivity index (χ0v) is 11.8. The molecule has 0 saturated carbocycles. The van der Waals surface area contributed by atoms with E-state index in [4.69, 9.17) is 4.74 Å². The van der Waals surface area contributed by atoms with Crippen molar-refractivity contribution in [3.05, 3.63) is 23.8 Å². The van der Waals surface area contributed by atoms with E-state index < -0.39 is 10.0 Å². The van der Waals surface area contributed by atoms with Gasteiger partial charge in [-0.3, -0.25) is 4.31 Å². The zero-order chi connectivity index (χ0) is 12.3. The Hall–Kier alpha value is -0.750. The Morgan fingerprint density at radius 1 is 1.44 bits per heavy atom. The lowest BCUT2D eigenvalue weighted by Gasteiger charge is -2.20. The first-order valence-corrected chi connectivity index (χ1v) is 7.54. The van der Waals surface area contributed by atoms with Gasteiger partial charge < -0.3 is 4.74 Å². The van der Waals surface area contributed by atoms with Gasteiger partial charge >= 0.3 is 0 Å². The van der Waals surface area contributed by atoms with Gasteiger partial charge in [-0.05, 0) is 23.8 Å². The summed E-state index contributed by atoms with van der Waals surface area (Å²) < 4.78 is 29.2. The van der Waals surface area contributed by atoms with Crippen LogP contribution in [-0.2, 0) is 15.4 Å². The van der Waals surface area contributed by atoms with Gasteiger partial charge in [0.1, 0.15) is 5.75 Å². The topological polar surface area (TPSA) is 46.6 Å². The molecule has 4 nitrogen and oxygen atoms in total. The third kappa shape index (κ3) is 2.89. The van der Waals surface area contributed by atoms with Crippen molar-refractivity contribution in [3.63, 3.8) is 0 Å². The van der Waals surface area contributed by atoms with Gasteiger partial charge in [-0.2, -0.15) is 0 Å². The molecule has 0 bridgehead atoms. The highest BCUT2D eigenvalue weighted by Crippen LogP contribution is 2.27. The largest absolute Gasteiger partial charge is 0.497 e. The number of alkyl halides is 1. The Balaban J connectivity index is 3.24. The fourth-order valence-electron chi connectivity index (χ4n) is 1.28. The van der Waals surface area contributed by atoms with Crippen LogP contribution in [0.2, 0.25) is 0 Å². The fourth-order valence-corrected chi connectivity index (χ4v) is 2.27. The van der Waals surface area contributed by atoms with E-state index in [1.54, 1.807) is 19.2 Å². The normalized spacial score (nSPS) is 11.2. The van der Waals surface area contributed by atoms with Crippen molar-refractivity contribution in [3.8, 4) is 5.75 Å². The van der Waals surface area contributed by atoms with Crippen LogP contribution in [0.15, 0.2) is 18.2 Å². The molecule has 0 N–H and O–H groups in total. The number of hydrogen-bond donors (Lipinski definition) is 0. The maximum atomic E-state index is 11.4. The molecule has 16 heavy (non-hydrogen) atoms. The van der Waals surface area contributed by atoms with E-state index in [9.17, 15) is 8.42 Å². The van der Waals surface area contributed by atoms with Crippen molar-refractivity contribution < 1.29 is 13.2 Å². The first kappa shape index (κ1) is 13.3. The predicted octanol–water partition coefficient (Wildman–Crippen LogP) is 1.99. The first-order chi connectivity index (χ1) is 7.40. The molecule has 0 saturated heterocycles. The van der Waals surface area contributed by atoms with Crippen LogP contribution in [0.4, 0.5) is 5.69 Å². The van der Waals surface area contributed by atoms with E-state index in [2.05, 4.69) is 15.9 Å². The highest BCUT2D eigenvalue weighted by atomic mass is 79.9. The van der Waals surface area contributed by atoms with Crippen LogP contribution in [0.5, 0.6) is 5.75 Å². The molecule has 6 heteroatoms. The van der Waals surface area contributed by atoms with Crippen LogP contribution >= 0.6 is 15.9 Å². The second-order valence-corrected chi connectivity index (χ2v) is 5.93. The Labute approximate surface area is 104 Å². The van der Waals surface area contributed by atoms with E-state index in [0.717, 1.165) is 5.56 Å². The summed E-state index contributed by atoms with van der Waals surface area (Å²) >= 11 is 3.33. The Morgan fingerprint density at radius 3 is 2.50 bits per heavy atom. The number of rotatable bonds is 4. The van der Waals surface area contributed by atoms with Gasteiger partial charge in [-0.25, -0.2) is 8.42 Å². The summed E-state index contributed by atoms with van der Waals surface area (Å²) in [4.78, 5) is 0. The molecule has 0 atom stereocenters. The number of ether oxygens (including phenoxy) is 1. The number of sulfonamides is 1. The molecule has 1 aromatic rings. The summed E-state index contributed by atoms with van der Waals surface area (Å²) in [5, 5.41) is 0.569. The summed E-state index contributed by atoms with van der Waals surface area (Å²) in [6, 6.07) is 5.28. The maximum Gasteiger partial charge on any atom is 0.232 e. The minimum absolute atomic E-state index is 0.569. The average molecular weight is 308 g/mol. The van der Waals surface area contributed by atoms with E-state index >= 15 is 0 Å². The minimum Gasteiger partial charge on any atom is -0.497 e. The smallest absolute Gasteiger partial charge is 0.232 e. The van der Waals surface area contributed by atoms with Crippen LogP contribution in [-0.4, -0.2) is 28.8 Å². The van der Waals surface area contributed by atoms with Crippen molar-refractivity contribution in [1.29, 1.82) is 0 Å². The lowest BCUT2D eigenvalue weighted by atomic mass is 10.2. The molecule has 0 spiro atoms. The highest BCUT2D eigenvalue weighted by molar-refractivity contribution is 9.08. The van der Waals surface area contributed by atoms with Crippen LogP contribution in [0.25, 0.3) is 0 Å². The number of methoxy groups -OCH3 is 1. The van der Waals surface area contributed by atoms with E-state index in [0.29, 0.717) is 16.8 Å². The molecule has 1 aromatic carbocycles. The third-order valence-electron chi connectivity index (χ3n) is 2.27. The molecule has 0 unspecified atom stereocenters. The zero-order valence-electron chi connectivity index (χ0n) is 9.40. The molecular weight excluding hydrogens is 294 g/mol. The summed E-state index contributed by atoms with van der Waals surface area (Å²) in [7, 11) is -0.129. The Morgan fingerprint density at radius 2 is 2.06 bits per heavy atom. The molecule has 0 amide bonds. The standard InChI is InChI=1S/C10H14BrNO3S/c1-12(16(3,13)14)10-5-4-9(15-2)6-8(10)7-11/h4-6H,7H2,1-3H3. The quantitative estimate of drug-likeness (QED) is 0.799. The van der Waals surface area contributed by atoms with Crippen LogP contribution in [0.3, 0.4) is 0 Å². The van der Waals surface area contributed by atoms with Crippen LogP contribution in [0, 0.1) is 0 Å². The summed E-state index contributed by atoms with van der Waals surface area (Å²) in [5.74, 6) is 0.708. The summed E-state index contributed by atoms with van der Waals surface area (Å²) in [5.41, 5.74) is 1.52. The summed E-state index contributed by atoms with van der Waals surface area (Å²) in [6.45, 7) is 0. The Kier molecular flexibility index (Phi) is 4.21. The van der Waals surface area contributed by atoms with Crippen molar-refractivity contribution in [2.45, 2.75) is 5.33 Å². The highest BCUT2D eigenvalue weighted by Gasteiger charge is 2.15. The molecule has 0 radical (unpaired) electrons. The lowest BCUT2D eigenvalue weighted by molar-refractivity contribution is 0.414. The SMILES string of the molecule is COc1ccc(N(C)S(C)(=O)=O)c(CBr)c1. The molecule has 1 rings (SSSR count). The number of nitrogens with zero attached hydrogens (tertiary/aromatic N) is 1. The van der Waals surface area contributed by atoms with Gasteiger partial charge in [-0.1, -0.05) is 15.9 Å². The van der Waals surface area contributed by atoms with E-state index in [1.165, 1.54) is 17.6 Å². The molecule has 0 aliphatic rings. The van der Waals surface area contributed by atoms with Crippen molar-refractivity contribution in [1.82, 2.24) is 0 Å². The molecule has 0 heterocycles. The van der Waals surface area contributed by atoms with Gasteiger partial charge in [0.2, 0.25) is 10.0 Å². The van der Waals surface area contributed by atoms with Crippen molar-refractivity contribution in [2.75, 3.05) is 24.7 Å². The third-order valence-corrected chi connectivity index (χ3v) is 4.06. The van der Waals surface area contributed by atoms with E-state index in [1.807, 2.05) is 6.07 Å². The van der Waals surface area contributed by atoms with Crippen molar-refractivity contribution >= 4 is 31.6 Å². The van der Waals surface area contributed by atoms with Gasteiger partial charge in [0.25, 0.3) is 0 Å². The molecule has 0 aliphatic heterocycles. The van der Waals surface area contributed by atoms with Crippen LogP contribution in [0.1, 0.15) is 5.56 Å². The van der Waals surface area contributed by atoms with Gasteiger partial charge in [-0.15, -0.1) is 0 Å². The number of hydrogen-bond acceptors (Lipinski definition) is 3. The monoisotopic (exact) mass is 307 g/mol. The van der Waals surface area contributed by atoms with Gasteiger partial charge in [0.05, 0.1) is 19.1 Å². The Bertz CT molecular complexity index is 473. The number of anilines is 1. The van der Waals surface area contributed by atoms with Crippen molar-refractivity contribution in [2.24, 2.45) is 0 Å². The molecule has 0 aliphatic carbocycles. The fraction of sp³-hybridized carbons (Fsp3) is 0.400. The average Bonchev–Trinajstić information content (AvgIpc) is 2.26. The summed E-state index contributed by atoms with van der Waals surface area (Å²) in [6.07, 6.45) is 1.18. The number of halogens is 1. The molecule has 0 aromatic heterocycles. The second-order valence-electron chi connectivity index (χ2n) is 3.36. The predicted molar refractivity (Wildman–Crippen MR) is 68.9 cm³/mol. The number of benzene rings is 1. The molecular formula is C10H14BrNO3S. The minimum atomic E-state index is -3.24. The first-order valence-electron chi connectivity index (χ1n) is 4.57. The van der Waals surface area contributed by atoms with E-state index in [-0.39, 0.29) is 0 Å². The van der Waals surface area contributed by atoms with Crippen LogP contribution < -0.4 is 9.04 Å². The molecule has 90 valence electrons. The lowest BCUT2D eigenvalue weighted by Crippen LogP contribution is -2.25. The molecule has 0 fully saturated rings. The van der Waals surface area contributed by atoms with Gasteiger partial charge in [0, 0.05) is 12.4 Å². The second kappa shape index (κ2) is 5.05. The maximum absolute atomic E-state index is 11.4.